The van der Waals surface area contributed by atoms with Crippen LogP contribution in [0.3, 0.4) is 0 Å². The number of aryl methyl sites for hydroxylation is 1. The summed E-state index contributed by atoms with van der Waals surface area (Å²) in [5.41, 5.74) is 0.981. The van der Waals surface area contributed by atoms with E-state index >= 15 is 0 Å². The first-order valence-corrected chi connectivity index (χ1v) is 8.77. The van der Waals surface area contributed by atoms with Crippen molar-refractivity contribution in [3.05, 3.63) is 52.2 Å². The van der Waals surface area contributed by atoms with Crippen molar-refractivity contribution < 1.29 is 19.2 Å². The number of benzene rings is 1. The lowest BCUT2D eigenvalue weighted by molar-refractivity contribution is -0.384. The zero-order chi connectivity index (χ0) is 21.6. The molecule has 154 valence electrons. The number of anilines is 2. The third kappa shape index (κ3) is 5.98. The van der Waals surface area contributed by atoms with Crippen LogP contribution >= 0.6 is 0 Å². The molecule has 0 radical (unpaired) electrons. The normalized spacial score (nSPS) is 11.6. The van der Waals surface area contributed by atoms with E-state index in [0.717, 1.165) is 5.56 Å². The van der Waals surface area contributed by atoms with Gasteiger partial charge in [-0.15, -0.1) is 0 Å². The standard InChI is InChI=1S/C19H23N5O5/c1-12-5-8-17(20-10-12)22-18(25)11-23(3)13(2)19(26)21-15-9-14(24(27)28)6-7-16(15)29-4/h5-10,13H,11H2,1-4H3,(H,21,26)(H,20,22,25)/t13-/m1/s1. The molecule has 0 unspecified atom stereocenters. The Kier molecular flexibility index (Phi) is 7.21. The minimum absolute atomic E-state index is 0.0454. The van der Waals surface area contributed by atoms with Crippen LogP contribution in [0.1, 0.15) is 12.5 Å². The molecule has 2 amide bonds. The Morgan fingerprint density at radius 1 is 1.28 bits per heavy atom. The molecule has 0 saturated heterocycles. The number of nitro groups is 1. The van der Waals surface area contributed by atoms with Crippen LogP contribution in [0, 0.1) is 17.0 Å². The summed E-state index contributed by atoms with van der Waals surface area (Å²) in [7, 11) is 3.02. The molecule has 0 aliphatic carbocycles. The number of nitrogens with zero attached hydrogens (tertiary/aromatic N) is 3. The second-order valence-corrected chi connectivity index (χ2v) is 6.49. The maximum atomic E-state index is 12.6. The smallest absolute Gasteiger partial charge is 0.271 e. The van der Waals surface area contributed by atoms with E-state index in [-0.39, 0.29) is 23.8 Å². The molecular weight excluding hydrogens is 378 g/mol. The fourth-order valence-electron chi connectivity index (χ4n) is 2.43. The third-order valence-corrected chi connectivity index (χ3v) is 4.26. The molecule has 10 nitrogen and oxygen atoms in total. The zero-order valence-corrected chi connectivity index (χ0v) is 16.6. The van der Waals surface area contributed by atoms with E-state index in [1.165, 1.54) is 25.3 Å². The van der Waals surface area contributed by atoms with Gasteiger partial charge in [0, 0.05) is 18.3 Å². The van der Waals surface area contributed by atoms with E-state index in [1.807, 2.05) is 13.0 Å². The highest BCUT2D eigenvalue weighted by molar-refractivity contribution is 5.97. The van der Waals surface area contributed by atoms with Crippen molar-refractivity contribution in [1.29, 1.82) is 0 Å². The second-order valence-electron chi connectivity index (χ2n) is 6.49. The average Bonchev–Trinajstić information content (AvgIpc) is 2.68. The first-order valence-electron chi connectivity index (χ1n) is 8.77. The molecule has 1 aromatic carbocycles. The van der Waals surface area contributed by atoms with Crippen LogP contribution < -0.4 is 15.4 Å². The summed E-state index contributed by atoms with van der Waals surface area (Å²) >= 11 is 0. The van der Waals surface area contributed by atoms with E-state index < -0.39 is 16.9 Å². The first kappa shape index (κ1) is 21.8. The summed E-state index contributed by atoms with van der Waals surface area (Å²) in [6, 6.07) is 6.75. The predicted octanol–water partition coefficient (Wildman–Crippen LogP) is 2.20. The molecule has 0 bridgehead atoms. The zero-order valence-electron chi connectivity index (χ0n) is 16.6. The number of nitro benzene ring substituents is 1. The van der Waals surface area contributed by atoms with E-state index in [2.05, 4.69) is 15.6 Å². The average molecular weight is 401 g/mol. The summed E-state index contributed by atoms with van der Waals surface area (Å²) in [5, 5.41) is 16.2. The van der Waals surface area contributed by atoms with Gasteiger partial charge >= 0.3 is 0 Å². The van der Waals surface area contributed by atoms with Crippen molar-refractivity contribution in [3.8, 4) is 5.75 Å². The van der Waals surface area contributed by atoms with Crippen molar-refractivity contribution in [2.24, 2.45) is 0 Å². The molecule has 0 fully saturated rings. The lowest BCUT2D eigenvalue weighted by Gasteiger charge is -2.23. The minimum Gasteiger partial charge on any atom is -0.495 e. The van der Waals surface area contributed by atoms with Gasteiger partial charge in [0.25, 0.3) is 5.69 Å². The molecule has 2 rings (SSSR count). The maximum Gasteiger partial charge on any atom is 0.271 e. The number of ether oxygens (including phenoxy) is 1. The first-order chi connectivity index (χ1) is 13.7. The SMILES string of the molecule is COc1ccc([N+](=O)[O-])cc1NC(=O)[C@@H](C)N(C)CC(=O)Nc1ccc(C)cn1. The van der Waals surface area contributed by atoms with Gasteiger partial charge in [0.1, 0.15) is 11.6 Å². The van der Waals surface area contributed by atoms with Gasteiger partial charge in [-0.25, -0.2) is 4.98 Å². The molecule has 10 heteroatoms. The Morgan fingerprint density at radius 2 is 2.00 bits per heavy atom. The molecule has 2 aromatic rings. The van der Waals surface area contributed by atoms with Gasteiger partial charge in [0.05, 0.1) is 30.3 Å². The molecule has 0 spiro atoms. The molecule has 1 aromatic heterocycles. The third-order valence-electron chi connectivity index (χ3n) is 4.26. The summed E-state index contributed by atoms with van der Waals surface area (Å²) in [5.74, 6) is -0.0431. The Hall–Kier alpha value is -3.53. The summed E-state index contributed by atoms with van der Waals surface area (Å²) in [4.78, 5) is 40.8. The number of hydrogen-bond donors (Lipinski definition) is 2. The van der Waals surface area contributed by atoms with Gasteiger partial charge in [-0.2, -0.15) is 0 Å². The van der Waals surface area contributed by atoms with Crippen molar-refractivity contribution in [1.82, 2.24) is 9.88 Å². The molecule has 2 N–H and O–H groups in total. The van der Waals surface area contributed by atoms with Crippen molar-refractivity contribution in [2.45, 2.75) is 19.9 Å². The fraction of sp³-hybridized carbons (Fsp3) is 0.316. The van der Waals surface area contributed by atoms with Crippen molar-refractivity contribution in [3.63, 3.8) is 0 Å². The van der Waals surface area contributed by atoms with Crippen molar-refractivity contribution in [2.75, 3.05) is 31.3 Å². The number of carbonyl (C=O) groups is 2. The number of methoxy groups -OCH3 is 1. The fourth-order valence-corrected chi connectivity index (χ4v) is 2.43. The van der Waals surface area contributed by atoms with Gasteiger partial charge in [-0.1, -0.05) is 6.07 Å². The van der Waals surface area contributed by atoms with E-state index in [4.69, 9.17) is 4.74 Å². The number of aromatic nitrogens is 1. The molecule has 0 aliphatic rings. The quantitative estimate of drug-likeness (QED) is 0.513. The Balaban J connectivity index is 2.00. The van der Waals surface area contributed by atoms with Crippen molar-refractivity contribution >= 4 is 29.0 Å². The monoisotopic (exact) mass is 401 g/mol. The van der Waals surface area contributed by atoms with E-state index in [1.54, 1.807) is 31.1 Å². The number of amides is 2. The summed E-state index contributed by atoms with van der Waals surface area (Å²) < 4.78 is 5.14. The minimum atomic E-state index is -0.685. The Labute approximate surface area is 168 Å². The van der Waals surface area contributed by atoms with E-state index in [0.29, 0.717) is 11.6 Å². The van der Waals surface area contributed by atoms with E-state index in [9.17, 15) is 19.7 Å². The maximum absolute atomic E-state index is 12.6. The van der Waals surface area contributed by atoms with Gasteiger partial charge < -0.3 is 15.4 Å². The van der Waals surface area contributed by atoms with Crippen LogP contribution in [0.25, 0.3) is 0 Å². The largest absolute Gasteiger partial charge is 0.495 e. The predicted molar refractivity (Wildman–Crippen MR) is 108 cm³/mol. The summed E-state index contributed by atoms with van der Waals surface area (Å²) in [6.07, 6.45) is 1.64. The van der Waals surface area contributed by atoms with Gasteiger partial charge in [0.2, 0.25) is 11.8 Å². The Bertz CT molecular complexity index is 900. The van der Waals surface area contributed by atoms with Crippen LogP contribution in [0.5, 0.6) is 5.75 Å². The number of hydrogen-bond acceptors (Lipinski definition) is 7. The number of carbonyl (C=O) groups excluding carboxylic acids is 2. The number of nitrogens with one attached hydrogen (secondary N) is 2. The topological polar surface area (TPSA) is 127 Å². The van der Waals surface area contributed by atoms with Gasteiger partial charge in [-0.3, -0.25) is 24.6 Å². The highest BCUT2D eigenvalue weighted by atomic mass is 16.6. The molecule has 1 heterocycles. The van der Waals surface area contributed by atoms with Crippen LogP contribution in [-0.2, 0) is 9.59 Å². The highest BCUT2D eigenvalue weighted by Gasteiger charge is 2.22. The number of rotatable bonds is 8. The number of non-ortho nitro benzene ring substituents is 1. The van der Waals surface area contributed by atoms with Gasteiger partial charge in [0.15, 0.2) is 0 Å². The van der Waals surface area contributed by atoms with Gasteiger partial charge in [-0.05, 0) is 38.6 Å². The summed E-state index contributed by atoms with van der Waals surface area (Å²) in [6.45, 7) is 3.47. The lowest BCUT2D eigenvalue weighted by atomic mass is 10.2. The molecule has 0 saturated carbocycles. The Morgan fingerprint density at radius 3 is 2.59 bits per heavy atom. The molecular formula is C19H23N5O5. The van der Waals surface area contributed by atoms with Crippen LogP contribution in [0.4, 0.5) is 17.2 Å². The lowest BCUT2D eigenvalue weighted by Crippen LogP contribution is -2.43. The second kappa shape index (κ2) is 9.60. The van der Waals surface area contributed by atoms with Crippen LogP contribution in [0.15, 0.2) is 36.5 Å². The van der Waals surface area contributed by atoms with Crippen LogP contribution in [-0.4, -0.2) is 53.4 Å². The molecule has 1 atom stereocenters. The molecule has 29 heavy (non-hydrogen) atoms. The van der Waals surface area contributed by atoms with Crippen LogP contribution in [0.2, 0.25) is 0 Å². The number of pyridine rings is 1. The number of likely N-dealkylation sites (N-methyl/N-ethyl adjacent to an activating group) is 1. The molecule has 0 aliphatic heterocycles. The highest BCUT2D eigenvalue weighted by Crippen LogP contribution is 2.29.